The van der Waals surface area contributed by atoms with Gasteiger partial charge >= 0.3 is 0 Å². The number of hydrogen-bond acceptors (Lipinski definition) is 1. The molecule has 0 spiro atoms. The second kappa shape index (κ2) is 5.87. The van der Waals surface area contributed by atoms with Crippen LogP contribution < -0.4 is 5.32 Å². The largest absolute Gasteiger partial charge is 0.322 e. The molecule has 1 amide bonds. The van der Waals surface area contributed by atoms with Crippen LogP contribution in [0.1, 0.15) is 10.4 Å². The smallest absolute Gasteiger partial charge is 0.255 e. The van der Waals surface area contributed by atoms with Crippen molar-refractivity contribution in [3.8, 4) is 0 Å². The molecule has 18 heavy (non-hydrogen) atoms. The van der Waals surface area contributed by atoms with Crippen molar-refractivity contribution in [1.82, 2.24) is 0 Å². The molecule has 0 atom stereocenters. The van der Waals surface area contributed by atoms with E-state index < -0.39 is 0 Å². The van der Waals surface area contributed by atoms with Gasteiger partial charge in [0, 0.05) is 20.2 Å². The molecular weight excluding hydrogens is 381 g/mol. The van der Waals surface area contributed by atoms with Gasteiger partial charge in [-0.25, -0.2) is 0 Å². The summed E-state index contributed by atoms with van der Waals surface area (Å²) < 4.78 is 1.68. The fourth-order valence-corrected chi connectivity index (χ4v) is 2.23. The molecule has 2 nitrogen and oxygen atoms in total. The number of benzene rings is 2. The second-order valence-electron chi connectivity index (χ2n) is 3.59. The normalized spacial score (nSPS) is 10.2. The maximum absolute atomic E-state index is 12.0. The third-order valence-electron chi connectivity index (χ3n) is 2.26. The summed E-state index contributed by atoms with van der Waals surface area (Å²) in [6.45, 7) is 0. The number of carbonyl (C=O) groups excluding carboxylic acids is 1. The molecule has 0 unspecified atom stereocenters. The minimum Gasteiger partial charge on any atom is -0.322 e. The SMILES string of the molecule is O=C(Nc1cccc(Br)c1)c1ccc(Br)c(Cl)c1. The predicted octanol–water partition coefficient (Wildman–Crippen LogP) is 5.12. The number of rotatable bonds is 2. The van der Waals surface area contributed by atoms with E-state index in [9.17, 15) is 4.79 Å². The Balaban J connectivity index is 2.19. The highest BCUT2D eigenvalue weighted by Gasteiger charge is 2.08. The van der Waals surface area contributed by atoms with Crippen molar-refractivity contribution in [3.63, 3.8) is 0 Å². The Morgan fingerprint density at radius 3 is 2.56 bits per heavy atom. The Morgan fingerprint density at radius 1 is 1.11 bits per heavy atom. The van der Waals surface area contributed by atoms with E-state index in [1.165, 1.54) is 0 Å². The Kier molecular flexibility index (Phi) is 4.43. The second-order valence-corrected chi connectivity index (χ2v) is 5.77. The van der Waals surface area contributed by atoms with Gasteiger partial charge in [-0.15, -0.1) is 0 Å². The maximum atomic E-state index is 12.0. The lowest BCUT2D eigenvalue weighted by Crippen LogP contribution is -2.11. The van der Waals surface area contributed by atoms with Crippen LogP contribution >= 0.6 is 43.5 Å². The number of hydrogen-bond donors (Lipinski definition) is 1. The average Bonchev–Trinajstić information content (AvgIpc) is 2.32. The van der Waals surface area contributed by atoms with E-state index in [0.717, 1.165) is 14.6 Å². The first-order valence-corrected chi connectivity index (χ1v) is 7.04. The highest BCUT2D eigenvalue weighted by molar-refractivity contribution is 9.10. The van der Waals surface area contributed by atoms with Gasteiger partial charge < -0.3 is 5.32 Å². The van der Waals surface area contributed by atoms with Gasteiger partial charge in [0.05, 0.1) is 5.02 Å². The summed E-state index contributed by atoms with van der Waals surface area (Å²) in [5, 5.41) is 3.31. The van der Waals surface area contributed by atoms with Crippen LogP contribution in [0.2, 0.25) is 5.02 Å². The van der Waals surface area contributed by atoms with Crippen LogP contribution in [-0.4, -0.2) is 5.91 Å². The zero-order valence-electron chi connectivity index (χ0n) is 9.08. The molecule has 0 radical (unpaired) electrons. The van der Waals surface area contributed by atoms with Crippen molar-refractivity contribution >= 4 is 55.1 Å². The lowest BCUT2D eigenvalue weighted by molar-refractivity contribution is 0.102. The van der Waals surface area contributed by atoms with Gasteiger partial charge in [-0.1, -0.05) is 33.6 Å². The number of anilines is 1. The Morgan fingerprint density at radius 2 is 1.89 bits per heavy atom. The molecule has 2 rings (SSSR count). The molecule has 0 heterocycles. The Labute approximate surface area is 127 Å². The fraction of sp³-hybridized carbons (Fsp3) is 0. The Hall–Kier alpha value is -0.840. The van der Waals surface area contributed by atoms with Crippen LogP contribution in [0.15, 0.2) is 51.4 Å². The first kappa shape index (κ1) is 13.6. The summed E-state index contributed by atoms with van der Waals surface area (Å²) in [6, 6.07) is 12.5. The molecule has 0 saturated heterocycles. The molecule has 5 heteroatoms. The van der Waals surface area contributed by atoms with Crippen LogP contribution in [0.4, 0.5) is 5.69 Å². The van der Waals surface area contributed by atoms with Gasteiger partial charge in [0.15, 0.2) is 0 Å². The van der Waals surface area contributed by atoms with Crippen LogP contribution in [0.3, 0.4) is 0 Å². The summed E-state index contributed by atoms with van der Waals surface area (Å²) in [7, 11) is 0. The first-order chi connectivity index (χ1) is 8.56. The molecule has 2 aromatic carbocycles. The highest BCUT2D eigenvalue weighted by atomic mass is 79.9. The van der Waals surface area contributed by atoms with Gasteiger partial charge in [0.1, 0.15) is 0 Å². The molecule has 0 aromatic heterocycles. The highest BCUT2D eigenvalue weighted by Crippen LogP contribution is 2.24. The molecule has 2 aromatic rings. The molecule has 0 aliphatic carbocycles. The summed E-state index contributed by atoms with van der Waals surface area (Å²) >= 11 is 12.6. The van der Waals surface area contributed by atoms with Crippen molar-refractivity contribution in [2.45, 2.75) is 0 Å². The van der Waals surface area contributed by atoms with Crippen LogP contribution in [0.5, 0.6) is 0 Å². The molecular formula is C13H8Br2ClNO. The van der Waals surface area contributed by atoms with Crippen LogP contribution in [0, 0.1) is 0 Å². The third-order valence-corrected chi connectivity index (χ3v) is 3.99. The quantitative estimate of drug-likeness (QED) is 0.759. The molecule has 0 fully saturated rings. The number of carbonyl (C=O) groups is 1. The van der Waals surface area contributed by atoms with E-state index in [0.29, 0.717) is 10.6 Å². The van der Waals surface area contributed by atoms with E-state index in [2.05, 4.69) is 37.2 Å². The Bertz CT molecular complexity index is 601. The third kappa shape index (κ3) is 3.34. The van der Waals surface area contributed by atoms with Crippen molar-refractivity contribution in [3.05, 3.63) is 62.0 Å². The van der Waals surface area contributed by atoms with Gasteiger partial charge in [-0.2, -0.15) is 0 Å². The summed E-state index contributed by atoms with van der Waals surface area (Å²) in [5.74, 6) is -0.192. The minimum atomic E-state index is -0.192. The van der Waals surface area contributed by atoms with Crippen molar-refractivity contribution in [1.29, 1.82) is 0 Å². The lowest BCUT2D eigenvalue weighted by Gasteiger charge is -2.06. The molecule has 0 aliphatic rings. The fourth-order valence-electron chi connectivity index (χ4n) is 1.41. The van der Waals surface area contributed by atoms with Gasteiger partial charge in [0.2, 0.25) is 0 Å². The van der Waals surface area contributed by atoms with E-state index in [1.807, 2.05) is 24.3 Å². The standard InChI is InChI=1S/C13H8Br2ClNO/c14-9-2-1-3-10(7-9)17-13(18)8-4-5-11(15)12(16)6-8/h1-7H,(H,17,18). The minimum absolute atomic E-state index is 0.192. The van der Waals surface area contributed by atoms with Gasteiger partial charge in [0.25, 0.3) is 5.91 Å². The van der Waals surface area contributed by atoms with Crippen molar-refractivity contribution in [2.24, 2.45) is 0 Å². The number of halogens is 3. The predicted molar refractivity (Wildman–Crippen MR) is 81.2 cm³/mol. The molecule has 0 aliphatic heterocycles. The average molecular weight is 389 g/mol. The van der Waals surface area contributed by atoms with E-state index in [4.69, 9.17) is 11.6 Å². The maximum Gasteiger partial charge on any atom is 0.255 e. The summed E-state index contributed by atoms with van der Waals surface area (Å²) in [6.07, 6.45) is 0. The summed E-state index contributed by atoms with van der Waals surface area (Å²) in [5.41, 5.74) is 1.25. The van der Waals surface area contributed by atoms with E-state index in [-0.39, 0.29) is 5.91 Å². The van der Waals surface area contributed by atoms with Crippen molar-refractivity contribution in [2.75, 3.05) is 5.32 Å². The first-order valence-electron chi connectivity index (χ1n) is 5.08. The van der Waals surface area contributed by atoms with E-state index >= 15 is 0 Å². The molecule has 92 valence electrons. The van der Waals surface area contributed by atoms with Gasteiger partial charge in [-0.3, -0.25) is 4.79 Å². The van der Waals surface area contributed by atoms with Crippen molar-refractivity contribution < 1.29 is 4.79 Å². The number of nitrogens with one attached hydrogen (secondary N) is 1. The lowest BCUT2D eigenvalue weighted by atomic mass is 10.2. The van der Waals surface area contributed by atoms with Gasteiger partial charge in [-0.05, 0) is 52.3 Å². The summed E-state index contributed by atoms with van der Waals surface area (Å²) in [4.78, 5) is 12.0. The molecule has 0 bridgehead atoms. The zero-order valence-corrected chi connectivity index (χ0v) is 13.0. The molecule has 1 N–H and O–H groups in total. The van der Waals surface area contributed by atoms with Crippen LogP contribution in [-0.2, 0) is 0 Å². The zero-order chi connectivity index (χ0) is 13.1. The van der Waals surface area contributed by atoms with Crippen LogP contribution in [0.25, 0.3) is 0 Å². The number of amides is 1. The molecule has 0 saturated carbocycles. The van der Waals surface area contributed by atoms with E-state index in [1.54, 1.807) is 18.2 Å². The monoisotopic (exact) mass is 387 g/mol. The topological polar surface area (TPSA) is 29.1 Å².